The van der Waals surface area contributed by atoms with E-state index in [4.69, 9.17) is 21.3 Å². The van der Waals surface area contributed by atoms with Gasteiger partial charge in [-0.05, 0) is 31.9 Å². The van der Waals surface area contributed by atoms with Crippen LogP contribution in [-0.2, 0) is 6.54 Å². The molecule has 0 saturated heterocycles. The maximum Gasteiger partial charge on any atom is 0.213 e. The maximum absolute atomic E-state index is 10.7. The zero-order valence-electron chi connectivity index (χ0n) is 15.7. The molecule has 1 aliphatic heterocycles. The number of ether oxygens (including phenoxy) is 1. The van der Waals surface area contributed by atoms with Crippen molar-refractivity contribution in [2.75, 3.05) is 19.0 Å². The summed E-state index contributed by atoms with van der Waals surface area (Å²) in [4.78, 5) is 9.21. The van der Waals surface area contributed by atoms with Gasteiger partial charge in [0.05, 0.1) is 23.8 Å². The van der Waals surface area contributed by atoms with E-state index in [0.29, 0.717) is 17.3 Å². The SMILES string of the molecule is CCC(O)c1cc(-c2ccc(OC)nc2C)c(Cl)c2nc3n(c12)CCCN3. The first-order chi connectivity index (χ1) is 13.0. The number of hydrogen-bond donors (Lipinski definition) is 2. The van der Waals surface area contributed by atoms with Gasteiger partial charge >= 0.3 is 0 Å². The average molecular weight is 387 g/mol. The number of pyridine rings is 1. The van der Waals surface area contributed by atoms with Crippen molar-refractivity contribution in [2.24, 2.45) is 0 Å². The standard InChI is InChI=1S/C20H23ClN4O2/c1-4-15(26)14-10-13(12-6-7-16(27-3)23-11(12)2)17(21)18-19(14)25-9-5-8-22-20(25)24-18/h6-7,10,15,26H,4-5,8-9H2,1-3H3,(H,22,24). The van der Waals surface area contributed by atoms with Crippen LogP contribution in [0.15, 0.2) is 18.2 Å². The summed E-state index contributed by atoms with van der Waals surface area (Å²) >= 11 is 6.82. The first kappa shape index (κ1) is 18.1. The van der Waals surface area contributed by atoms with Crippen molar-refractivity contribution in [1.29, 1.82) is 0 Å². The van der Waals surface area contributed by atoms with Crippen LogP contribution in [0.3, 0.4) is 0 Å². The van der Waals surface area contributed by atoms with E-state index in [0.717, 1.165) is 58.9 Å². The minimum Gasteiger partial charge on any atom is -0.481 e. The summed E-state index contributed by atoms with van der Waals surface area (Å²) in [6.07, 6.45) is 1.04. The van der Waals surface area contributed by atoms with Gasteiger partial charge in [0.1, 0.15) is 5.52 Å². The van der Waals surface area contributed by atoms with Gasteiger partial charge < -0.3 is 19.7 Å². The van der Waals surface area contributed by atoms with Gasteiger partial charge in [-0.25, -0.2) is 9.97 Å². The molecule has 0 spiro atoms. The monoisotopic (exact) mass is 386 g/mol. The molecule has 0 radical (unpaired) electrons. The molecular formula is C20H23ClN4O2. The summed E-state index contributed by atoms with van der Waals surface area (Å²) in [5.41, 5.74) is 5.04. The largest absolute Gasteiger partial charge is 0.481 e. The number of hydrogen-bond acceptors (Lipinski definition) is 5. The number of aliphatic hydroxyl groups is 1. The number of benzene rings is 1. The molecule has 1 aliphatic rings. The Hall–Kier alpha value is -2.31. The summed E-state index contributed by atoms with van der Waals surface area (Å²) in [6.45, 7) is 5.65. The molecule has 1 atom stereocenters. The van der Waals surface area contributed by atoms with Crippen molar-refractivity contribution < 1.29 is 9.84 Å². The average Bonchev–Trinajstić information content (AvgIpc) is 3.08. The lowest BCUT2D eigenvalue weighted by molar-refractivity contribution is 0.175. The number of nitrogens with one attached hydrogen (secondary N) is 1. The molecule has 0 amide bonds. The quantitative estimate of drug-likeness (QED) is 0.698. The molecule has 3 aromatic rings. The minimum absolute atomic E-state index is 0.559. The second-order valence-corrected chi connectivity index (χ2v) is 7.18. The van der Waals surface area contributed by atoms with Crippen LogP contribution >= 0.6 is 11.6 Å². The Balaban J connectivity index is 2.01. The van der Waals surface area contributed by atoms with Crippen molar-refractivity contribution >= 4 is 28.6 Å². The van der Waals surface area contributed by atoms with Crippen LogP contribution < -0.4 is 10.1 Å². The van der Waals surface area contributed by atoms with Gasteiger partial charge in [-0.15, -0.1) is 0 Å². The third-order valence-electron chi connectivity index (χ3n) is 5.13. The van der Waals surface area contributed by atoms with Gasteiger partial charge in [-0.3, -0.25) is 0 Å². The molecule has 6 nitrogen and oxygen atoms in total. The Morgan fingerprint density at radius 1 is 1.33 bits per heavy atom. The van der Waals surface area contributed by atoms with E-state index in [1.807, 2.05) is 32.0 Å². The van der Waals surface area contributed by atoms with Crippen LogP contribution in [0.5, 0.6) is 5.88 Å². The minimum atomic E-state index is -0.585. The maximum atomic E-state index is 10.7. The normalized spacial score (nSPS) is 14.7. The zero-order valence-corrected chi connectivity index (χ0v) is 16.5. The van der Waals surface area contributed by atoms with Gasteiger partial charge in [-0.2, -0.15) is 0 Å². The Bertz CT molecular complexity index is 1020. The molecule has 0 bridgehead atoms. The number of imidazole rings is 1. The number of methoxy groups -OCH3 is 1. The highest BCUT2D eigenvalue weighted by Crippen LogP contribution is 2.41. The Morgan fingerprint density at radius 3 is 2.85 bits per heavy atom. The summed E-state index contributed by atoms with van der Waals surface area (Å²) in [6, 6.07) is 5.75. The molecule has 7 heteroatoms. The summed E-state index contributed by atoms with van der Waals surface area (Å²) < 4.78 is 7.34. The fourth-order valence-electron chi connectivity index (χ4n) is 3.71. The summed E-state index contributed by atoms with van der Waals surface area (Å²) in [5, 5.41) is 14.6. The Morgan fingerprint density at radius 2 is 2.15 bits per heavy atom. The highest BCUT2D eigenvalue weighted by Gasteiger charge is 2.25. The lowest BCUT2D eigenvalue weighted by Crippen LogP contribution is -2.17. The Labute approximate surface area is 163 Å². The van der Waals surface area contributed by atoms with E-state index < -0.39 is 6.10 Å². The molecule has 1 aromatic carbocycles. The van der Waals surface area contributed by atoms with E-state index in [-0.39, 0.29) is 0 Å². The number of aryl methyl sites for hydroxylation is 2. The van der Waals surface area contributed by atoms with E-state index in [2.05, 4.69) is 14.9 Å². The molecule has 0 aliphatic carbocycles. The summed E-state index contributed by atoms with van der Waals surface area (Å²) in [5.74, 6) is 1.37. The van der Waals surface area contributed by atoms with Crippen molar-refractivity contribution in [1.82, 2.24) is 14.5 Å². The molecule has 142 valence electrons. The van der Waals surface area contributed by atoms with Gasteiger partial charge in [0.25, 0.3) is 0 Å². The van der Waals surface area contributed by atoms with Crippen LogP contribution in [0, 0.1) is 6.92 Å². The highest BCUT2D eigenvalue weighted by molar-refractivity contribution is 6.38. The molecule has 0 saturated carbocycles. The van der Waals surface area contributed by atoms with E-state index in [1.54, 1.807) is 7.11 Å². The van der Waals surface area contributed by atoms with Gasteiger partial charge in [0.15, 0.2) is 0 Å². The summed E-state index contributed by atoms with van der Waals surface area (Å²) in [7, 11) is 1.60. The second-order valence-electron chi connectivity index (χ2n) is 6.80. The second kappa shape index (κ2) is 7.02. The van der Waals surface area contributed by atoms with Crippen molar-refractivity contribution in [3.63, 3.8) is 0 Å². The van der Waals surface area contributed by atoms with E-state index in [1.165, 1.54) is 0 Å². The van der Waals surface area contributed by atoms with Gasteiger partial charge in [-0.1, -0.05) is 18.5 Å². The third-order valence-corrected chi connectivity index (χ3v) is 5.51. The zero-order chi connectivity index (χ0) is 19.1. The number of aliphatic hydroxyl groups excluding tert-OH is 1. The molecule has 2 aromatic heterocycles. The van der Waals surface area contributed by atoms with Crippen molar-refractivity contribution in [3.05, 3.63) is 34.5 Å². The van der Waals surface area contributed by atoms with Crippen LogP contribution in [0.2, 0.25) is 5.02 Å². The molecular weight excluding hydrogens is 364 g/mol. The van der Waals surface area contributed by atoms with Crippen LogP contribution in [0.4, 0.5) is 5.95 Å². The number of fused-ring (bicyclic) bond motifs is 3. The van der Waals surface area contributed by atoms with E-state index in [9.17, 15) is 5.11 Å². The number of halogens is 1. The number of anilines is 1. The molecule has 3 heterocycles. The number of aromatic nitrogens is 3. The Kier molecular flexibility index (Phi) is 4.70. The predicted octanol–water partition coefficient (Wildman–Crippen LogP) is 4.33. The van der Waals surface area contributed by atoms with Gasteiger partial charge in [0.2, 0.25) is 11.8 Å². The molecule has 4 rings (SSSR count). The lowest BCUT2D eigenvalue weighted by atomic mass is 9.97. The first-order valence-electron chi connectivity index (χ1n) is 9.21. The first-order valence-corrected chi connectivity index (χ1v) is 9.59. The lowest BCUT2D eigenvalue weighted by Gasteiger charge is -2.19. The fraction of sp³-hybridized carbons (Fsp3) is 0.400. The number of rotatable bonds is 4. The van der Waals surface area contributed by atoms with Crippen LogP contribution in [0.1, 0.15) is 37.1 Å². The topological polar surface area (TPSA) is 72.2 Å². The van der Waals surface area contributed by atoms with Crippen molar-refractivity contribution in [3.8, 4) is 17.0 Å². The molecule has 27 heavy (non-hydrogen) atoms. The highest BCUT2D eigenvalue weighted by atomic mass is 35.5. The molecule has 0 fully saturated rings. The number of nitrogens with zero attached hydrogens (tertiary/aromatic N) is 3. The van der Waals surface area contributed by atoms with E-state index >= 15 is 0 Å². The van der Waals surface area contributed by atoms with Crippen LogP contribution in [-0.4, -0.2) is 33.3 Å². The smallest absolute Gasteiger partial charge is 0.213 e. The fourth-order valence-corrected chi connectivity index (χ4v) is 4.00. The third kappa shape index (κ3) is 2.93. The van der Waals surface area contributed by atoms with Crippen LogP contribution in [0.25, 0.3) is 22.2 Å². The van der Waals surface area contributed by atoms with Gasteiger partial charge in [0, 0.05) is 41.5 Å². The predicted molar refractivity (Wildman–Crippen MR) is 108 cm³/mol. The van der Waals surface area contributed by atoms with Crippen molar-refractivity contribution in [2.45, 2.75) is 39.3 Å². The molecule has 1 unspecified atom stereocenters. The molecule has 2 N–H and O–H groups in total.